The van der Waals surface area contributed by atoms with Crippen molar-refractivity contribution in [2.24, 2.45) is 0 Å². The van der Waals surface area contributed by atoms with Gasteiger partial charge in [0.2, 0.25) is 11.8 Å². The maximum absolute atomic E-state index is 13.8. The summed E-state index contributed by atoms with van der Waals surface area (Å²) in [5.41, 5.74) is 0.173. The van der Waals surface area contributed by atoms with Gasteiger partial charge in [0.05, 0.1) is 5.41 Å². The summed E-state index contributed by atoms with van der Waals surface area (Å²) in [5.74, 6) is 0.0351. The molecule has 8 heteroatoms. The number of nitrogens with zero attached hydrogens (tertiary/aromatic N) is 4. The molecule has 1 aromatic heterocycles. The lowest BCUT2D eigenvalue weighted by molar-refractivity contribution is -0.143. The largest absolute Gasteiger partial charge is 0.343 e. The first-order valence-corrected chi connectivity index (χ1v) is 10.4. The predicted octanol–water partition coefficient (Wildman–Crippen LogP) is 1.48. The number of amides is 2. The van der Waals surface area contributed by atoms with Crippen molar-refractivity contribution in [1.29, 1.82) is 0 Å². The van der Waals surface area contributed by atoms with E-state index in [0.717, 1.165) is 18.4 Å². The summed E-state index contributed by atoms with van der Waals surface area (Å²) in [7, 11) is 0. The fourth-order valence-corrected chi connectivity index (χ4v) is 4.79. The molecule has 2 aliphatic heterocycles. The lowest BCUT2D eigenvalue weighted by Gasteiger charge is -2.44. The van der Waals surface area contributed by atoms with Gasteiger partial charge in [0, 0.05) is 32.2 Å². The normalized spacial score (nSPS) is 19.5. The molecule has 0 atom stereocenters. The molecular weight excluding hydrogens is 382 g/mol. The number of likely N-dealkylation sites (tertiary alicyclic amines) is 2. The molecule has 1 N–H and O–H groups in total. The van der Waals surface area contributed by atoms with Crippen LogP contribution in [0.4, 0.5) is 0 Å². The van der Waals surface area contributed by atoms with Gasteiger partial charge in [-0.2, -0.15) is 5.10 Å². The minimum atomic E-state index is -0.626. The third-order valence-electron chi connectivity index (χ3n) is 6.56. The number of carbonyl (C=O) groups is 2. The molecule has 0 unspecified atom stereocenters. The van der Waals surface area contributed by atoms with Crippen molar-refractivity contribution in [3.05, 3.63) is 65.4 Å². The van der Waals surface area contributed by atoms with E-state index >= 15 is 0 Å². The second-order valence-corrected chi connectivity index (χ2v) is 8.07. The lowest BCUT2D eigenvalue weighted by Crippen LogP contribution is -2.55. The van der Waals surface area contributed by atoms with E-state index < -0.39 is 5.41 Å². The molecule has 3 heterocycles. The van der Waals surface area contributed by atoms with Crippen molar-refractivity contribution in [3.63, 3.8) is 0 Å². The Hall–Kier alpha value is -3.16. The third-order valence-corrected chi connectivity index (χ3v) is 6.56. The second-order valence-electron chi connectivity index (χ2n) is 8.07. The van der Waals surface area contributed by atoms with Crippen molar-refractivity contribution < 1.29 is 9.59 Å². The highest BCUT2D eigenvalue weighted by molar-refractivity contribution is 5.90. The molecule has 0 saturated carbocycles. The number of hydrogen-bond acceptors (Lipinski definition) is 4. The Bertz CT molecular complexity index is 964. The molecule has 1 aromatic carbocycles. The highest BCUT2D eigenvalue weighted by Gasteiger charge is 2.46. The molecule has 8 nitrogen and oxygen atoms in total. The van der Waals surface area contributed by atoms with Gasteiger partial charge >= 0.3 is 5.69 Å². The van der Waals surface area contributed by atoms with Crippen LogP contribution in [0.2, 0.25) is 0 Å². The van der Waals surface area contributed by atoms with Crippen molar-refractivity contribution >= 4 is 11.8 Å². The maximum Gasteiger partial charge on any atom is 0.343 e. The number of carbonyl (C=O) groups excluding carboxylic acids is 2. The molecule has 0 radical (unpaired) electrons. The van der Waals surface area contributed by atoms with E-state index in [0.29, 0.717) is 39.0 Å². The quantitative estimate of drug-likeness (QED) is 0.775. The highest BCUT2D eigenvalue weighted by Crippen LogP contribution is 2.38. The van der Waals surface area contributed by atoms with E-state index in [2.05, 4.69) is 16.8 Å². The van der Waals surface area contributed by atoms with Crippen LogP contribution < -0.4 is 5.69 Å². The van der Waals surface area contributed by atoms with Crippen molar-refractivity contribution in [2.75, 3.05) is 26.2 Å². The van der Waals surface area contributed by atoms with Crippen molar-refractivity contribution in [1.82, 2.24) is 24.6 Å². The number of nitrogens with one attached hydrogen (secondary N) is 1. The molecule has 2 fully saturated rings. The Labute approximate surface area is 175 Å². The Kier molecular flexibility index (Phi) is 5.57. The zero-order chi connectivity index (χ0) is 21.1. The summed E-state index contributed by atoms with van der Waals surface area (Å²) in [4.78, 5) is 41.4. The van der Waals surface area contributed by atoms with Crippen LogP contribution in [0.15, 0.2) is 54.1 Å². The number of hydrogen-bond donors (Lipinski definition) is 1. The summed E-state index contributed by atoms with van der Waals surface area (Å²) in [6, 6.07) is 9.96. The molecular formula is C22H27N5O3. The molecule has 0 aliphatic carbocycles. The summed E-state index contributed by atoms with van der Waals surface area (Å²) in [6.07, 6.45) is 5.49. The van der Waals surface area contributed by atoms with E-state index in [1.165, 1.54) is 12.4 Å². The van der Waals surface area contributed by atoms with Gasteiger partial charge in [-0.15, -0.1) is 0 Å². The van der Waals surface area contributed by atoms with Gasteiger partial charge < -0.3 is 9.80 Å². The summed E-state index contributed by atoms with van der Waals surface area (Å²) in [5, 5.41) is 6.24. The molecule has 0 bridgehead atoms. The topological polar surface area (TPSA) is 91.3 Å². The number of benzene rings is 1. The van der Waals surface area contributed by atoms with Crippen molar-refractivity contribution in [2.45, 2.75) is 37.1 Å². The van der Waals surface area contributed by atoms with Gasteiger partial charge in [0.25, 0.3) is 0 Å². The van der Waals surface area contributed by atoms with E-state index in [1.54, 1.807) is 9.47 Å². The molecule has 2 amide bonds. The van der Waals surface area contributed by atoms with Crippen LogP contribution >= 0.6 is 0 Å². The second kappa shape index (κ2) is 8.30. The lowest BCUT2D eigenvalue weighted by atomic mass is 9.71. The minimum Gasteiger partial charge on any atom is -0.342 e. The zero-order valence-corrected chi connectivity index (χ0v) is 17.0. The third kappa shape index (κ3) is 3.58. The molecule has 2 aromatic rings. The Balaban J connectivity index is 1.53. The van der Waals surface area contributed by atoms with Crippen LogP contribution in [-0.4, -0.2) is 62.6 Å². The van der Waals surface area contributed by atoms with Gasteiger partial charge in [0.1, 0.15) is 6.33 Å². The summed E-state index contributed by atoms with van der Waals surface area (Å²) in [6.45, 7) is 5.85. The van der Waals surface area contributed by atoms with Crippen LogP contribution in [-0.2, 0) is 15.0 Å². The average Bonchev–Trinajstić information content (AvgIpc) is 3.24. The first-order chi connectivity index (χ1) is 14.5. The van der Waals surface area contributed by atoms with Gasteiger partial charge in [-0.05, 0) is 37.3 Å². The number of piperidine rings is 2. The smallest absolute Gasteiger partial charge is 0.342 e. The molecule has 30 heavy (non-hydrogen) atoms. The number of aromatic nitrogens is 3. The van der Waals surface area contributed by atoms with E-state index in [9.17, 15) is 14.4 Å². The van der Waals surface area contributed by atoms with Crippen LogP contribution in [0.5, 0.6) is 0 Å². The molecule has 0 spiro atoms. The van der Waals surface area contributed by atoms with Crippen LogP contribution in [0, 0.1) is 0 Å². The average molecular weight is 409 g/mol. The van der Waals surface area contributed by atoms with Gasteiger partial charge in [-0.1, -0.05) is 36.9 Å². The number of aromatic amines is 1. The fourth-order valence-electron chi connectivity index (χ4n) is 4.79. The van der Waals surface area contributed by atoms with Crippen LogP contribution in [0.3, 0.4) is 0 Å². The van der Waals surface area contributed by atoms with Gasteiger partial charge in [-0.3, -0.25) is 14.2 Å². The Morgan fingerprint density at radius 2 is 1.73 bits per heavy atom. The zero-order valence-electron chi connectivity index (χ0n) is 17.0. The Morgan fingerprint density at radius 3 is 2.30 bits per heavy atom. The molecule has 2 saturated heterocycles. The first-order valence-electron chi connectivity index (χ1n) is 10.4. The molecule has 158 valence electrons. The predicted molar refractivity (Wildman–Crippen MR) is 112 cm³/mol. The maximum atomic E-state index is 13.8. The summed E-state index contributed by atoms with van der Waals surface area (Å²) >= 11 is 0. The van der Waals surface area contributed by atoms with E-state index in [-0.39, 0.29) is 23.5 Å². The SMILES string of the molecule is C=CC(=O)N1CCC(C(=O)N2CCC(n3cn[nH]c3=O)CC2)(c2ccccc2)CC1. The van der Waals surface area contributed by atoms with Crippen LogP contribution in [0.25, 0.3) is 0 Å². The van der Waals surface area contributed by atoms with Crippen LogP contribution in [0.1, 0.15) is 37.3 Å². The fraction of sp³-hybridized carbons (Fsp3) is 0.455. The monoisotopic (exact) mass is 409 g/mol. The summed E-state index contributed by atoms with van der Waals surface area (Å²) < 4.78 is 1.62. The van der Waals surface area contributed by atoms with Crippen molar-refractivity contribution in [3.8, 4) is 0 Å². The molecule has 2 aliphatic rings. The first kappa shape index (κ1) is 20.1. The molecule has 4 rings (SSSR count). The standard InChI is InChI=1S/C22H27N5O3/c1-2-19(28)25-14-10-22(11-15-25,17-6-4-3-5-7-17)20(29)26-12-8-18(9-13-26)27-16-23-24-21(27)30/h2-7,16,18H,1,8-15H2,(H,24,30). The highest BCUT2D eigenvalue weighted by atomic mass is 16.2. The number of rotatable bonds is 4. The minimum absolute atomic E-state index is 0.0556. The van der Waals surface area contributed by atoms with E-state index in [4.69, 9.17) is 0 Å². The Morgan fingerprint density at radius 1 is 1.07 bits per heavy atom. The van der Waals surface area contributed by atoms with Gasteiger partial charge in [0.15, 0.2) is 0 Å². The number of H-pyrrole nitrogens is 1. The van der Waals surface area contributed by atoms with Gasteiger partial charge in [-0.25, -0.2) is 9.89 Å². The van der Waals surface area contributed by atoms with E-state index in [1.807, 2.05) is 35.2 Å².